The van der Waals surface area contributed by atoms with Crippen molar-refractivity contribution in [1.82, 2.24) is 4.98 Å². The van der Waals surface area contributed by atoms with Gasteiger partial charge in [0.05, 0.1) is 48.3 Å². The summed E-state index contributed by atoms with van der Waals surface area (Å²) in [5.74, 6) is -0.658. The molecule has 0 amide bonds. The number of esters is 1. The van der Waals surface area contributed by atoms with E-state index >= 15 is 0 Å². The van der Waals surface area contributed by atoms with Crippen molar-refractivity contribution >= 4 is 24.9 Å². The van der Waals surface area contributed by atoms with Gasteiger partial charge in [0.1, 0.15) is 0 Å². The number of non-ortho nitro benzene ring substituents is 1. The average Bonchev–Trinajstić information content (AvgIpc) is 2.67. The Morgan fingerprint density at radius 2 is 1.89 bits per heavy atom. The fourth-order valence-electron chi connectivity index (χ4n) is 2.95. The van der Waals surface area contributed by atoms with Crippen molar-refractivity contribution in [3.63, 3.8) is 0 Å². The van der Waals surface area contributed by atoms with Gasteiger partial charge < -0.3 is 4.74 Å². The highest BCUT2D eigenvalue weighted by Gasteiger charge is 2.48. The largest absolute Gasteiger partial charge is 0.462 e. The minimum absolute atomic E-state index is 0.0930. The number of nitro benzene ring substituents is 1. The second-order valence-electron chi connectivity index (χ2n) is 5.79. The molecule has 10 heteroatoms. The first-order chi connectivity index (χ1) is 13.2. The molecule has 0 bridgehead atoms. The van der Waals surface area contributed by atoms with E-state index in [0.29, 0.717) is 17.0 Å². The highest BCUT2D eigenvalue weighted by molar-refractivity contribution is 7.69. The van der Waals surface area contributed by atoms with Gasteiger partial charge in [-0.05, 0) is 26.3 Å². The molecular formula is C18H22N2O7P+. The molecule has 28 heavy (non-hydrogen) atoms. The molecule has 2 aromatic rings. The lowest BCUT2D eigenvalue weighted by molar-refractivity contribution is -0.384. The van der Waals surface area contributed by atoms with Crippen molar-refractivity contribution in [3.8, 4) is 11.1 Å². The summed E-state index contributed by atoms with van der Waals surface area (Å²) in [6.45, 7) is 5.06. The Morgan fingerprint density at radius 3 is 2.43 bits per heavy atom. The Balaban J connectivity index is 2.98. The van der Waals surface area contributed by atoms with E-state index in [1.807, 2.05) is 0 Å². The summed E-state index contributed by atoms with van der Waals surface area (Å²) >= 11 is 0. The Morgan fingerprint density at radius 1 is 1.25 bits per heavy atom. The van der Waals surface area contributed by atoms with Crippen LogP contribution in [-0.2, 0) is 13.8 Å². The van der Waals surface area contributed by atoms with Crippen molar-refractivity contribution in [3.05, 3.63) is 51.3 Å². The molecule has 0 unspecified atom stereocenters. The normalized spacial score (nSPS) is 11.4. The van der Waals surface area contributed by atoms with E-state index in [0.717, 1.165) is 0 Å². The number of aryl methyl sites for hydroxylation is 2. The average molecular weight is 409 g/mol. The molecule has 0 spiro atoms. The van der Waals surface area contributed by atoms with Gasteiger partial charge in [-0.2, -0.15) is 13.9 Å². The Hall–Kier alpha value is -2.45. The monoisotopic (exact) mass is 409 g/mol. The van der Waals surface area contributed by atoms with Crippen molar-refractivity contribution in [2.24, 2.45) is 0 Å². The van der Waals surface area contributed by atoms with Crippen LogP contribution in [0.4, 0.5) is 5.69 Å². The number of hydrogen-bond donors (Lipinski definition) is 1. The van der Waals surface area contributed by atoms with E-state index in [1.165, 1.54) is 32.4 Å². The van der Waals surface area contributed by atoms with Gasteiger partial charge in [0.2, 0.25) is 5.30 Å². The highest BCUT2D eigenvalue weighted by Crippen LogP contribution is 2.57. The smallest absolute Gasteiger partial charge is 0.448 e. The number of benzene rings is 1. The third kappa shape index (κ3) is 4.02. The molecular weight excluding hydrogens is 387 g/mol. The van der Waals surface area contributed by atoms with E-state index in [4.69, 9.17) is 13.8 Å². The summed E-state index contributed by atoms with van der Waals surface area (Å²) in [5, 5.41) is 11.4. The van der Waals surface area contributed by atoms with Crippen molar-refractivity contribution in [2.75, 3.05) is 20.8 Å². The standard InChI is InChI=1S/C18H22N2O7P/c1-6-27-18(21)15-11(2)19-12(3)17(28(24,25-4)26-5)16(15)13-8-7-9-14(10-13)20(22)23/h7-10,24H,6H2,1-5H3/q+1. The molecule has 1 heterocycles. The lowest BCUT2D eigenvalue weighted by Crippen LogP contribution is -2.25. The van der Waals surface area contributed by atoms with Crippen molar-refractivity contribution in [1.29, 1.82) is 0 Å². The van der Waals surface area contributed by atoms with Crippen LogP contribution in [0.2, 0.25) is 0 Å². The Labute approximate surface area is 163 Å². The number of aromatic nitrogens is 1. The molecule has 9 nitrogen and oxygen atoms in total. The predicted molar refractivity (Wildman–Crippen MR) is 105 cm³/mol. The molecule has 0 saturated carbocycles. The van der Waals surface area contributed by atoms with Crippen LogP contribution in [-0.4, -0.2) is 41.6 Å². The summed E-state index contributed by atoms with van der Waals surface area (Å²) in [6.07, 6.45) is 0. The zero-order chi connectivity index (χ0) is 21.1. The summed E-state index contributed by atoms with van der Waals surface area (Å²) in [7, 11) is -1.06. The molecule has 1 aromatic heterocycles. The number of ether oxygens (including phenoxy) is 1. The van der Waals surface area contributed by atoms with Crippen molar-refractivity contribution in [2.45, 2.75) is 20.8 Å². The van der Waals surface area contributed by atoms with Crippen LogP contribution in [0.15, 0.2) is 24.3 Å². The topological polar surface area (TPSA) is 121 Å². The maximum Gasteiger partial charge on any atom is 0.448 e. The predicted octanol–water partition coefficient (Wildman–Crippen LogP) is 3.12. The second kappa shape index (κ2) is 8.70. The molecule has 0 aliphatic heterocycles. The molecule has 2 rings (SSSR count). The van der Waals surface area contributed by atoms with Crippen molar-refractivity contribution < 1.29 is 28.4 Å². The van der Waals surface area contributed by atoms with Crippen LogP contribution in [0.5, 0.6) is 0 Å². The van der Waals surface area contributed by atoms with Gasteiger partial charge in [0.15, 0.2) is 0 Å². The van der Waals surface area contributed by atoms with Gasteiger partial charge >= 0.3 is 13.9 Å². The quantitative estimate of drug-likeness (QED) is 0.320. The second-order valence-corrected chi connectivity index (χ2v) is 8.01. The molecule has 0 aliphatic carbocycles. The molecule has 0 saturated heterocycles. The molecule has 1 aromatic carbocycles. The lowest BCUT2D eigenvalue weighted by atomic mass is 9.97. The fraction of sp³-hybridized carbons (Fsp3) is 0.333. The number of hydrogen-bond acceptors (Lipinski definition) is 8. The molecule has 0 atom stereocenters. The van der Waals surface area contributed by atoms with E-state index in [9.17, 15) is 19.8 Å². The first-order valence-electron chi connectivity index (χ1n) is 8.37. The fourth-order valence-corrected chi connectivity index (χ4v) is 4.45. The van der Waals surface area contributed by atoms with Crippen LogP contribution < -0.4 is 5.30 Å². The van der Waals surface area contributed by atoms with Crippen LogP contribution in [0.3, 0.4) is 0 Å². The summed E-state index contributed by atoms with van der Waals surface area (Å²) in [4.78, 5) is 38.7. The minimum Gasteiger partial charge on any atom is -0.462 e. The molecule has 0 aliphatic rings. The van der Waals surface area contributed by atoms with Gasteiger partial charge in [-0.25, -0.2) is 4.79 Å². The zero-order valence-electron chi connectivity index (χ0n) is 16.3. The van der Waals surface area contributed by atoms with Gasteiger partial charge in [0.25, 0.3) is 5.69 Å². The van der Waals surface area contributed by atoms with Gasteiger partial charge in [-0.1, -0.05) is 12.1 Å². The molecule has 0 radical (unpaired) electrons. The third-order valence-corrected chi connectivity index (χ3v) is 6.23. The van der Waals surface area contributed by atoms with Crippen LogP contribution in [0.1, 0.15) is 28.7 Å². The maximum atomic E-state index is 12.7. The van der Waals surface area contributed by atoms with Gasteiger partial charge in [-0.3, -0.25) is 15.1 Å². The zero-order valence-corrected chi connectivity index (χ0v) is 17.1. The summed E-state index contributed by atoms with van der Waals surface area (Å²) < 4.78 is 15.7. The first kappa shape index (κ1) is 21.8. The number of carbonyl (C=O) groups excluding carboxylic acids is 1. The highest BCUT2D eigenvalue weighted by atomic mass is 31.2. The van der Waals surface area contributed by atoms with Crippen LogP contribution >= 0.6 is 7.94 Å². The number of nitrogens with zero attached hydrogens (tertiary/aromatic N) is 2. The van der Waals surface area contributed by atoms with Gasteiger partial charge in [0, 0.05) is 12.1 Å². The molecule has 0 fully saturated rings. The number of pyridine rings is 1. The number of nitro groups is 1. The van der Waals surface area contributed by atoms with Crippen LogP contribution in [0, 0.1) is 24.0 Å². The SMILES string of the molecule is CCOC(=O)c1c(C)nc(C)c([P+](O)(OC)OC)c1-c1cccc([N+](=O)[O-])c1. The first-order valence-corrected chi connectivity index (χ1v) is 9.94. The lowest BCUT2D eigenvalue weighted by Gasteiger charge is -2.21. The molecule has 1 N–H and O–H groups in total. The number of carbonyl (C=O) groups is 1. The maximum absolute atomic E-state index is 12.7. The summed E-state index contributed by atoms with van der Waals surface area (Å²) in [5.41, 5.74) is 1.25. The Bertz CT molecular complexity index is 913. The number of rotatable bonds is 7. The third-order valence-electron chi connectivity index (χ3n) is 4.13. The van der Waals surface area contributed by atoms with E-state index in [2.05, 4.69) is 4.98 Å². The Kier molecular flexibility index (Phi) is 6.79. The minimum atomic E-state index is -3.61. The van der Waals surface area contributed by atoms with Crippen LogP contribution in [0.25, 0.3) is 11.1 Å². The van der Waals surface area contributed by atoms with E-state index in [1.54, 1.807) is 26.8 Å². The van der Waals surface area contributed by atoms with E-state index in [-0.39, 0.29) is 28.7 Å². The van der Waals surface area contributed by atoms with E-state index < -0.39 is 18.8 Å². The van der Waals surface area contributed by atoms with Gasteiger partial charge in [-0.15, -0.1) is 0 Å². The summed E-state index contributed by atoms with van der Waals surface area (Å²) in [6, 6.07) is 5.75. The molecule has 150 valence electrons.